The second-order valence-corrected chi connectivity index (χ2v) is 7.07. The molecular formula is C25H24N4O3. The van der Waals surface area contributed by atoms with Crippen molar-refractivity contribution in [2.24, 2.45) is 0 Å². The first-order valence-corrected chi connectivity index (χ1v) is 10.4. The lowest BCUT2D eigenvalue weighted by Crippen LogP contribution is -2.22. The summed E-state index contributed by atoms with van der Waals surface area (Å²) in [6, 6.07) is 20.5. The van der Waals surface area contributed by atoms with E-state index in [4.69, 9.17) is 9.47 Å². The Balaban J connectivity index is 1.31. The number of nitrogens with one attached hydrogen (secondary N) is 1. The summed E-state index contributed by atoms with van der Waals surface area (Å²) in [7, 11) is 0. The minimum atomic E-state index is -0.137. The predicted octanol–water partition coefficient (Wildman–Crippen LogP) is 4.45. The van der Waals surface area contributed by atoms with Crippen molar-refractivity contribution in [3.8, 4) is 17.4 Å². The van der Waals surface area contributed by atoms with Crippen molar-refractivity contribution in [1.29, 1.82) is 0 Å². The highest BCUT2D eigenvalue weighted by Gasteiger charge is 2.08. The van der Waals surface area contributed by atoms with E-state index in [0.717, 1.165) is 11.1 Å². The fourth-order valence-corrected chi connectivity index (χ4v) is 3.12. The molecule has 32 heavy (non-hydrogen) atoms. The van der Waals surface area contributed by atoms with Crippen LogP contribution in [-0.4, -0.2) is 27.3 Å². The van der Waals surface area contributed by atoms with Gasteiger partial charge in [0.25, 0.3) is 5.91 Å². The summed E-state index contributed by atoms with van der Waals surface area (Å²) in [6.45, 7) is 3.52. The molecular weight excluding hydrogens is 404 g/mol. The Morgan fingerprint density at radius 3 is 2.44 bits per heavy atom. The highest BCUT2D eigenvalue weighted by atomic mass is 16.5. The van der Waals surface area contributed by atoms with Crippen LogP contribution in [0.25, 0.3) is 0 Å². The molecule has 7 heteroatoms. The SMILES string of the molecule is CCOc1ccccc1Oc1ccc(CNC(=O)c2ccc(Cn3cccn3)cc2)cn1. The van der Waals surface area contributed by atoms with Crippen LogP contribution < -0.4 is 14.8 Å². The molecule has 4 rings (SSSR count). The maximum atomic E-state index is 12.5. The van der Waals surface area contributed by atoms with Crippen LogP contribution in [-0.2, 0) is 13.1 Å². The number of aromatic nitrogens is 3. The smallest absolute Gasteiger partial charge is 0.251 e. The normalized spacial score (nSPS) is 10.5. The topological polar surface area (TPSA) is 78.3 Å². The Bertz CT molecular complexity index is 1140. The van der Waals surface area contributed by atoms with Crippen molar-refractivity contribution >= 4 is 5.91 Å². The zero-order valence-electron chi connectivity index (χ0n) is 17.8. The van der Waals surface area contributed by atoms with Gasteiger partial charge in [0.05, 0.1) is 13.2 Å². The maximum Gasteiger partial charge on any atom is 0.251 e. The summed E-state index contributed by atoms with van der Waals surface area (Å²) in [5.74, 6) is 1.60. The van der Waals surface area contributed by atoms with Gasteiger partial charge in [0.15, 0.2) is 11.5 Å². The quantitative estimate of drug-likeness (QED) is 0.426. The standard InChI is InChI=1S/C25H24N4O3/c1-2-31-22-6-3-4-7-23(22)32-24-13-10-20(16-26-24)17-27-25(30)21-11-8-19(9-12-21)18-29-15-5-14-28-29/h3-16H,2,17-18H2,1H3,(H,27,30). The number of pyridine rings is 1. The lowest BCUT2D eigenvalue weighted by molar-refractivity contribution is 0.0951. The molecule has 4 aromatic rings. The molecule has 0 unspecified atom stereocenters. The van der Waals surface area contributed by atoms with Gasteiger partial charge in [0, 0.05) is 36.8 Å². The lowest BCUT2D eigenvalue weighted by atomic mass is 10.1. The third-order valence-corrected chi connectivity index (χ3v) is 4.73. The Morgan fingerprint density at radius 2 is 1.75 bits per heavy atom. The monoisotopic (exact) mass is 428 g/mol. The molecule has 162 valence electrons. The molecule has 0 aliphatic carbocycles. The number of hydrogen-bond donors (Lipinski definition) is 1. The van der Waals surface area contributed by atoms with E-state index < -0.39 is 0 Å². The first kappa shape index (κ1) is 21.1. The van der Waals surface area contributed by atoms with Gasteiger partial charge in [-0.3, -0.25) is 9.48 Å². The first-order valence-electron chi connectivity index (χ1n) is 10.4. The molecule has 1 N–H and O–H groups in total. The van der Waals surface area contributed by atoms with E-state index in [-0.39, 0.29) is 5.91 Å². The third kappa shape index (κ3) is 5.51. The maximum absolute atomic E-state index is 12.5. The van der Waals surface area contributed by atoms with Crippen molar-refractivity contribution in [3.63, 3.8) is 0 Å². The minimum absolute atomic E-state index is 0.137. The van der Waals surface area contributed by atoms with Gasteiger partial charge in [-0.15, -0.1) is 0 Å². The molecule has 0 spiro atoms. The fourth-order valence-electron chi connectivity index (χ4n) is 3.12. The van der Waals surface area contributed by atoms with Crippen LogP contribution in [0, 0.1) is 0 Å². The molecule has 2 aromatic carbocycles. The summed E-state index contributed by atoms with van der Waals surface area (Å²) in [4.78, 5) is 16.8. The summed E-state index contributed by atoms with van der Waals surface area (Å²) >= 11 is 0. The van der Waals surface area contributed by atoms with Crippen molar-refractivity contribution in [2.45, 2.75) is 20.0 Å². The van der Waals surface area contributed by atoms with E-state index in [0.29, 0.717) is 42.6 Å². The van der Waals surface area contributed by atoms with E-state index in [2.05, 4.69) is 15.4 Å². The van der Waals surface area contributed by atoms with Crippen LogP contribution in [0.2, 0.25) is 0 Å². The number of rotatable bonds is 9. The van der Waals surface area contributed by atoms with E-state index >= 15 is 0 Å². The number of benzene rings is 2. The molecule has 0 aliphatic rings. The third-order valence-electron chi connectivity index (χ3n) is 4.73. The predicted molar refractivity (Wildman–Crippen MR) is 121 cm³/mol. The summed E-state index contributed by atoms with van der Waals surface area (Å²) in [5, 5.41) is 7.11. The van der Waals surface area contributed by atoms with Crippen molar-refractivity contribution in [1.82, 2.24) is 20.1 Å². The highest BCUT2D eigenvalue weighted by Crippen LogP contribution is 2.30. The van der Waals surface area contributed by atoms with Gasteiger partial charge in [0.1, 0.15) is 0 Å². The minimum Gasteiger partial charge on any atom is -0.490 e. The van der Waals surface area contributed by atoms with Crippen LogP contribution in [0.5, 0.6) is 17.4 Å². The number of amides is 1. The van der Waals surface area contributed by atoms with Crippen LogP contribution in [0.15, 0.2) is 85.3 Å². The number of para-hydroxylation sites is 2. The molecule has 0 fully saturated rings. The number of nitrogens with zero attached hydrogens (tertiary/aromatic N) is 3. The fraction of sp³-hybridized carbons (Fsp3) is 0.160. The summed E-state index contributed by atoms with van der Waals surface area (Å²) in [6.07, 6.45) is 5.34. The van der Waals surface area contributed by atoms with Gasteiger partial charge < -0.3 is 14.8 Å². The molecule has 0 radical (unpaired) electrons. The Morgan fingerprint density at radius 1 is 0.969 bits per heavy atom. The molecule has 0 saturated carbocycles. The van der Waals surface area contributed by atoms with Gasteiger partial charge in [-0.05, 0) is 48.4 Å². The van der Waals surface area contributed by atoms with Crippen LogP contribution >= 0.6 is 0 Å². The number of carbonyl (C=O) groups is 1. The van der Waals surface area contributed by atoms with Gasteiger partial charge in [0.2, 0.25) is 5.88 Å². The average Bonchev–Trinajstić information content (AvgIpc) is 3.33. The molecule has 0 bridgehead atoms. The van der Waals surface area contributed by atoms with Gasteiger partial charge in [-0.25, -0.2) is 4.98 Å². The van der Waals surface area contributed by atoms with E-state index in [1.54, 1.807) is 18.5 Å². The van der Waals surface area contributed by atoms with E-state index in [9.17, 15) is 4.79 Å². The number of ether oxygens (including phenoxy) is 2. The van der Waals surface area contributed by atoms with Gasteiger partial charge in [-0.1, -0.05) is 30.3 Å². The van der Waals surface area contributed by atoms with Gasteiger partial charge in [-0.2, -0.15) is 5.10 Å². The van der Waals surface area contributed by atoms with E-state index in [1.807, 2.05) is 78.5 Å². The second kappa shape index (κ2) is 10.3. The van der Waals surface area contributed by atoms with Crippen LogP contribution in [0.4, 0.5) is 0 Å². The largest absolute Gasteiger partial charge is 0.490 e. The Labute approximate surface area is 186 Å². The molecule has 0 atom stereocenters. The molecule has 1 amide bonds. The summed E-state index contributed by atoms with van der Waals surface area (Å²) in [5.41, 5.74) is 2.56. The van der Waals surface area contributed by atoms with Crippen molar-refractivity contribution in [2.75, 3.05) is 6.61 Å². The first-order chi connectivity index (χ1) is 15.7. The zero-order valence-corrected chi connectivity index (χ0v) is 17.8. The second-order valence-electron chi connectivity index (χ2n) is 7.07. The molecule has 0 saturated heterocycles. The van der Waals surface area contributed by atoms with Crippen molar-refractivity contribution in [3.05, 3.63) is 102 Å². The highest BCUT2D eigenvalue weighted by molar-refractivity contribution is 5.94. The zero-order chi connectivity index (χ0) is 22.2. The molecule has 2 aromatic heterocycles. The van der Waals surface area contributed by atoms with Crippen LogP contribution in [0.3, 0.4) is 0 Å². The number of carbonyl (C=O) groups excluding carboxylic acids is 1. The molecule has 2 heterocycles. The van der Waals surface area contributed by atoms with Gasteiger partial charge >= 0.3 is 0 Å². The Kier molecular flexibility index (Phi) is 6.77. The number of hydrogen-bond acceptors (Lipinski definition) is 5. The van der Waals surface area contributed by atoms with E-state index in [1.165, 1.54) is 0 Å². The lowest BCUT2D eigenvalue weighted by Gasteiger charge is -2.11. The van der Waals surface area contributed by atoms with Crippen molar-refractivity contribution < 1.29 is 14.3 Å². The van der Waals surface area contributed by atoms with Crippen LogP contribution in [0.1, 0.15) is 28.4 Å². The Hall–Kier alpha value is -4.13. The summed E-state index contributed by atoms with van der Waals surface area (Å²) < 4.78 is 13.2. The molecule has 7 nitrogen and oxygen atoms in total. The average molecular weight is 428 g/mol. The molecule has 0 aliphatic heterocycles.